The molecule has 1 aliphatic rings. The van der Waals surface area contributed by atoms with Crippen molar-refractivity contribution in [2.24, 2.45) is 11.1 Å². The molecule has 0 aliphatic heterocycles. The van der Waals surface area contributed by atoms with Gasteiger partial charge in [0.05, 0.1) is 5.69 Å². The van der Waals surface area contributed by atoms with Crippen LogP contribution in [-0.4, -0.2) is 49.3 Å². The van der Waals surface area contributed by atoms with Gasteiger partial charge in [0.2, 0.25) is 0 Å². The number of aliphatic carboxylic acids is 1. The van der Waals surface area contributed by atoms with E-state index in [0.29, 0.717) is 18.0 Å². The Kier molecular flexibility index (Phi) is 7.09. The van der Waals surface area contributed by atoms with Crippen LogP contribution in [0.4, 0.5) is 10.5 Å². The molecule has 0 aromatic heterocycles. The number of carboxylic acids is 1. The lowest BCUT2D eigenvalue weighted by Crippen LogP contribution is -2.50. The number of primary amides is 1. The number of ether oxygens (including phenoxy) is 1. The van der Waals surface area contributed by atoms with Crippen LogP contribution in [0.15, 0.2) is 54.6 Å². The molecule has 1 aliphatic carbocycles. The maximum Gasteiger partial charge on any atom is 0.341 e. The number of hydrogen-bond donors (Lipinski definition) is 2. The molecular formula is C25H33N3O4. The van der Waals surface area contributed by atoms with Crippen molar-refractivity contribution >= 4 is 17.7 Å². The quantitative estimate of drug-likeness (QED) is 0.646. The lowest BCUT2D eigenvalue weighted by atomic mass is 9.65. The van der Waals surface area contributed by atoms with Gasteiger partial charge in [0.25, 0.3) is 0 Å². The highest BCUT2D eigenvalue weighted by Gasteiger charge is 2.44. The van der Waals surface area contributed by atoms with E-state index in [1.54, 1.807) is 24.3 Å². The summed E-state index contributed by atoms with van der Waals surface area (Å²) in [6, 6.07) is 16.9. The predicted octanol–water partition coefficient (Wildman–Crippen LogP) is 4.07. The number of hydrogen-bond acceptors (Lipinski definition) is 4. The maximum atomic E-state index is 12.4. The van der Waals surface area contributed by atoms with Crippen molar-refractivity contribution in [3.05, 3.63) is 60.2 Å². The highest BCUT2D eigenvalue weighted by Crippen LogP contribution is 2.48. The molecule has 0 saturated heterocycles. The molecule has 3 rings (SSSR count). The van der Waals surface area contributed by atoms with Gasteiger partial charge in [0.15, 0.2) is 6.61 Å². The summed E-state index contributed by atoms with van der Waals surface area (Å²) < 4.78 is 5.42. The normalized spacial score (nSPS) is 23.0. The Bertz CT molecular complexity index is 937. The summed E-state index contributed by atoms with van der Waals surface area (Å²) in [5.74, 6) is -0.745. The van der Waals surface area contributed by atoms with Gasteiger partial charge in [-0.3, -0.25) is 9.80 Å². The molecule has 0 bridgehead atoms. The number of benzene rings is 2. The molecule has 7 heteroatoms. The zero-order valence-corrected chi connectivity index (χ0v) is 19.1. The van der Waals surface area contributed by atoms with Crippen molar-refractivity contribution in [3.63, 3.8) is 0 Å². The SMILES string of the molecule is CN(C)C1(c2ccccc2)CCC(C)(CN(C(N)=O)c2ccccc2OCC(=O)O)CC1. The van der Waals surface area contributed by atoms with Gasteiger partial charge >= 0.3 is 12.0 Å². The largest absolute Gasteiger partial charge is 0.480 e. The molecule has 7 nitrogen and oxygen atoms in total. The molecule has 32 heavy (non-hydrogen) atoms. The van der Waals surface area contributed by atoms with Crippen molar-refractivity contribution in [2.45, 2.75) is 38.1 Å². The fraction of sp³-hybridized carbons (Fsp3) is 0.440. The third kappa shape index (κ3) is 5.05. The van der Waals surface area contributed by atoms with E-state index in [1.165, 1.54) is 10.5 Å². The average Bonchev–Trinajstić information content (AvgIpc) is 2.77. The Morgan fingerprint density at radius 1 is 1.00 bits per heavy atom. The third-order valence-corrected chi connectivity index (χ3v) is 6.76. The minimum Gasteiger partial charge on any atom is -0.480 e. The van der Waals surface area contributed by atoms with Gasteiger partial charge in [-0.15, -0.1) is 0 Å². The van der Waals surface area contributed by atoms with E-state index in [9.17, 15) is 9.59 Å². The van der Waals surface area contributed by atoms with Gasteiger partial charge in [-0.1, -0.05) is 49.4 Å². The fourth-order valence-electron chi connectivity index (χ4n) is 4.77. The van der Waals surface area contributed by atoms with Crippen LogP contribution in [0.1, 0.15) is 38.2 Å². The molecule has 0 spiro atoms. The van der Waals surface area contributed by atoms with E-state index in [-0.39, 0.29) is 11.0 Å². The second kappa shape index (κ2) is 9.61. The number of rotatable bonds is 8. The van der Waals surface area contributed by atoms with Gasteiger partial charge in [0, 0.05) is 12.1 Å². The number of urea groups is 1. The van der Waals surface area contributed by atoms with E-state index in [1.807, 2.05) is 6.07 Å². The molecular weight excluding hydrogens is 406 g/mol. The number of nitrogens with two attached hydrogens (primary N) is 1. The highest BCUT2D eigenvalue weighted by atomic mass is 16.5. The Balaban J connectivity index is 1.82. The van der Waals surface area contributed by atoms with Crippen molar-refractivity contribution in [2.75, 3.05) is 32.1 Å². The number of anilines is 1. The van der Waals surface area contributed by atoms with Crippen LogP contribution in [0.2, 0.25) is 0 Å². The average molecular weight is 440 g/mol. The van der Waals surface area contributed by atoms with Crippen LogP contribution in [0.3, 0.4) is 0 Å². The van der Waals surface area contributed by atoms with Crippen LogP contribution < -0.4 is 15.4 Å². The number of nitrogens with zero attached hydrogens (tertiary/aromatic N) is 2. The van der Waals surface area contributed by atoms with Gasteiger partial charge in [0.1, 0.15) is 5.75 Å². The smallest absolute Gasteiger partial charge is 0.341 e. The van der Waals surface area contributed by atoms with Gasteiger partial charge in [-0.05, 0) is 62.9 Å². The van der Waals surface area contributed by atoms with E-state index < -0.39 is 18.6 Å². The summed E-state index contributed by atoms with van der Waals surface area (Å²) in [6.07, 6.45) is 3.76. The number of amides is 2. The van der Waals surface area contributed by atoms with Crippen molar-refractivity contribution in [3.8, 4) is 5.75 Å². The van der Waals surface area contributed by atoms with Crippen LogP contribution in [0, 0.1) is 5.41 Å². The zero-order valence-electron chi connectivity index (χ0n) is 19.1. The number of carbonyl (C=O) groups excluding carboxylic acids is 1. The van der Waals surface area contributed by atoms with Crippen LogP contribution >= 0.6 is 0 Å². The second-order valence-electron chi connectivity index (χ2n) is 9.18. The molecule has 172 valence electrons. The van der Waals surface area contributed by atoms with Gasteiger partial charge in [-0.2, -0.15) is 0 Å². The first kappa shape index (κ1) is 23.6. The summed E-state index contributed by atoms with van der Waals surface area (Å²) >= 11 is 0. The van der Waals surface area contributed by atoms with Crippen molar-refractivity contribution < 1.29 is 19.4 Å². The zero-order chi connectivity index (χ0) is 23.4. The molecule has 0 unspecified atom stereocenters. The van der Waals surface area contributed by atoms with Crippen molar-refractivity contribution in [1.29, 1.82) is 0 Å². The summed E-state index contributed by atoms with van der Waals surface area (Å²) in [5, 5.41) is 8.97. The first-order valence-corrected chi connectivity index (χ1v) is 10.9. The molecule has 1 saturated carbocycles. The Hall–Kier alpha value is -3.06. The monoisotopic (exact) mass is 439 g/mol. The van der Waals surface area contributed by atoms with E-state index in [4.69, 9.17) is 15.6 Å². The molecule has 2 aromatic rings. The lowest BCUT2D eigenvalue weighted by molar-refractivity contribution is -0.139. The van der Waals surface area contributed by atoms with E-state index in [0.717, 1.165) is 25.7 Å². The Morgan fingerprint density at radius 2 is 1.59 bits per heavy atom. The molecule has 2 aromatic carbocycles. The molecule has 3 N–H and O–H groups in total. The van der Waals surface area contributed by atoms with Gasteiger partial charge < -0.3 is 15.6 Å². The van der Waals surface area contributed by atoms with Crippen LogP contribution in [0.5, 0.6) is 5.75 Å². The van der Waals surface area contributed by atoms with Crippen LogP contribution in [-0.2, 0) is 10.3 Å². The number of para-hydroxylation sites is 2. The molecule has 2 amide bonds. The molecule has 0 atom stereocenters. The summed E-state index contributed by atoms with van der Waals surface area (Å²) in [5.41, 5.74) is 7.40. The van der Waals surface area contributed by atoms with Crippen molar-refractivity contribution in [1.82, 2.24) is 4.90 Å². The molecule has 1 fully saturated rings. The summed E-state index contributed by atoms with van der Waals surface area (Å²) in [4.78, 5) is 27.2. The predicted molar refractivity (Wildman–Crippen MR) is 125 cm³/mol. The minimum atomic E-state index is -1.08. The fourth-order valence-corrected chi connectivity index (χ4v) is 4.77. The summed E-state index contributed by atoms with van der Waals surface area (Å²) in [6.45, 7) is 2.14. The standard InChI is InChI=1S/C25H33N3O4/c1-24(13-15-25(16-14-24,27(2)3)19-9-5-4-6-10-19)18-28(23(26)31)20-11-7-8-12-21(20)32-17-22(29)30/h4-12H,13-18H2,1-3H3,(H2,26,31)(H,29,30). The topological polar surface area (TPSA) is 96.1 Å². The van der Waals surface area contributed by atoms with E-state index >= 15 is 0 Å². The number of carboxylic acid groups (broad SMARTS) is 1. The maximum absolute atomic E-state index is 12.4. The van der Waals surface area contributed by atoms with E-state index in [2.05, 4.69) is 50.2 Å². The minimum absolute atomic E-state index is 0.0408. The van der Waals surface area contributed by atoms with Gasteiger partial charge in [-0.25, -0.2) is 9.59 Å². The Morgan fingerprint density at radius 3 is 2.16 bits per heavy atom. The summed E-state index contributed by atoms with van der Waals surface area (Å²) in [7, 11) is 4.25. The van der Waals surface area contributed by atoms with Crippen LogP contribution in [0.25, 0.3) is 0 Å². The first-order valence-electron chi connectivity index (χ1n) is 10.9. The molecule has 0 radical (unpaired) electrons. The number of carbonyl (C=O) groups is 2. The highest BCUT2D eigenvalue weighted by molar-refractivity contribution is 5.92. The first-order chi connectivity index (χ1) is 15.2. The molecule has 0 heterocycles. The Labute approximate surface area is 189 Å². The second-order valence-corrected chi connectivity index (χ2v) is 9.18. The third-order valence-electron chi connectivity index (χ3n) is 6.76. The lowest BCUT2D eigenvalue weighted by Gasteiger charge is -2.50.